The van der Waals surface area contributed by atoms with Crippen LogP contribution in [0, 0.1) is 6.92 Å². The molecule has 0 aliphatic heterocycles. The number of amides is 1. The van der Waals surface area contributed by atoms with Crippen molar-refractivity contribution in [2.45, 2.75) is 26.0 Å². The third kappa shape index (κ3) is 5.66. The van der Waals surface area contributed by atoms with E-state index in [0.717, 1.165) is 16.3 Å². The molecule has 0 spiro atoms. The maximum atomic E-state index is 13.0. The van der Waals surface area contributed by atoms with Crippen LogP contribution in [-0.4, -0.2) is 30.1 Å². The maximum Gasteiger partial charge on any atom is 0.408 e. The molecule has 1 amide bonds. The van der Waals surface area contributed by atoms with E-state index in [0.29, 0.717) is 28.7 Å². The summed E-state index contributed by atoms with van der Waals surface area (Å²) in [5.74, 6) is 0.270. The summed E-state index contributed by atoms with van der Waals surface area (Å²) in [4.78, 5) is 37.8. The molecule has 7 nitrogen and oxygen atoms in total. The Morgan fingerprint density at radius 3 is 2.43 bits per heavy atom. The number of rotatable bonds is 8. The van der Waals surface area contributed by atoms with Crippen LogP contribution >= 0.6 is 11.8 Å². The first-order valence-corrected chi connectivity index (χ1v) is 12.5. The number of fused-ring (bicyclic) bond motifs is 3. The molecule has 1 heterocycles. The summed E-state index contributed by atoms with van der Waals surface area (Å²) >= 11 is 1.55. The molecule has 0 fully saturated rings. The number of hydrogen-bond donors (Lipinski definition) is 1. The van der Waals surface area contributed by atoms with Crippen molar-refractivity contribution in [1.29, 1.82) is 0 Å². The Labute approximate surface area is 206 Å². The molecule has 0 unspecified atom stereocenters. The molecule has 4 aromatic rings. The number of thioether (sulfide) groups is 1. The number of alkyl carbamates (subject to hydrolysis) is 1. The first-order valence-electron chi connectivity index (χ1n) is 11.1. The predicted molar refractivity (Wildman–Crippen MR) is 137 cm³/mol. The van der Waals surface area contributed by atoms with E-state index in [9.17, 15) is 14.4 Å². The quantitative estimate of drug-likeness (QED) is 0.156. The molecule has 0 aliphatic carbocycles. The molecule has 1 N–H and O–H groups in total. The fraction of sp³-hybridized carbons (Fsp3) is 0.222. The molecule has 0 aliphatic rings. The van der Waals surface area contributed by atoms with Gasteiger partial charge in [0.1, 0.15) is 24.0 Å². The highest BCUT2D eigenvalue weighted by atomic mass is 32.2. The van der Waals surface area contributed by atoms with Gasteiger partial charge in [-0.15, -0.1) is 0 Å². The maximum absolute atomic E-state index is 13.0. The van der Waals surface area contributed by atoms with Crippen LogP contribution < -0.4 is 15.7 Å². The van der Waals surface area contributed by atoms with Gasteiger partial charge >= 0.3 is 17.7 Å². The molecule has 0 radical (unpaired) electrons. The lowest BCUT2D eigenvalue weighted by Crippen LogP contribution is -2.43. The molecule has 4 rings (SSSR count). The Bertz CT molecular complexity index is 1420. The smallest absolute Gasteiger partial charge is 0.408 e. The fourth-order valence-corrected chi connectivity index (χ4v) is 4.21. The van der Waals surface area contributed by atoms with Crippen LogP contribution in [0.4, 0.5) is 4.79 Å². The highest BCUT2D eigenvalue weighted by molar-refractivity contribution is 7.98. The number of carbonyl (C=O) groups excluding carboxylic acids is 2. The Balaban J connectivity index is 1.52. The van der Waals surface area contributed by atoms with E-state index >= 15 is 0 Å². The first-order chi connectivity index (χ1) is 17.0. The Morgan fingerprint density at radius 1 is 0.971 bits per heavy atom. The van der Waals surface area contributed by atoms with Crippen molar-refractivity contribution in [3.8, 4) is 5.75 Å². The van der Waals surface area contributed by atoms with Crippen LogP contribution in [0.5, 0.6) is 5.75 Å². The van der Waals surface area contributed by atoms with Crippen molar-refractivity contribution in [2.24, 2.45) is 0 Å². The highest BCUT2D eigenvalue weighted by Crippen LogP contribution is 2.31. The summed E-state index contributed by atoms with van der Waals surface area (Å²) in [6, 6.07) is 19.0. The van der Waals surface area contributed by atoms with E-state index < -0.39 is 23.7 Å². The molecule has 35 heavy (non-hydrogen) atoms. The minimum atomic E-state index is -0.899. The van der Waals surface area contributed by atoms with Gasteiger partial charge in [-0.1, -0.05) is 48.5 Å². The molecule has 1 atom stereocenters. The topological polar surface area (TPSA) is 94.8 Å². The van der Waals surface area contributed by atoms with Gasteiger partial charge in [0.15, 0.2) is 0 Å². The minimum absolute atomic E-state index is 0.0910. The van der Waals surface area contributed by atoms with Crippen LogP contribution in [0.25, 0.3) is 21.7 Å². The molecule has 1 aromatic heterocycles. The van der Waals surface area contributed by atoms with E-state index in [1.165, 1.54) is 0 Å². The van der Waals surface area contributed by atoms with Crippen molar-refractivity contribution >= 4 is 45.6 Å². The zero-order valence-corrected chi connectivity index (χ0v) is 20.2. The van der Waals surface area contributed by atoms with Crippen LogP contribution in [0.2, 0.25) is 0 Å². The van der Waals surface area contributed by atoms with Crippen LogP contribution in [-0.2, 0) is 16.1 Å². The Kier molecular flexibility index (Phi) is 7.72. The van der Waals surface area contributed by atoms with Gasteiger partial charge < -0.3 is 19.2 Å². The standard InChI is InChI=1S/C27H25NO6S/c1-17-23(13-12-20-19-10-6-7-11-21(19)25(29)34-24(17)20)33-26(30)22(14-15-35-2)28-27(31)32-16-18-8-4-3-5-9-18/h3-13,22H,14-16H2,1-2H3,(H,28,31)/t22-/m1/s1. The Morgan fingerprint density at radius 2 is 1.69 bits per heavy atom. The Hall–Kier alpha value is -3.78. The molecule has 8 heteroatoms. The molecule has 180 valence electrons. The second kappa shape index (κ2) is 11.1. The zero-order valence-electron chi connectivity index (χ0n) is 19.4. The van der Waals surface area contributed by atoms with Gasteiger partial charge in [-0.2, -0.15) is 11.8 Å². The number of ether oxygens (including phenoxy) is 2. The number of carbonyl (C=O) groups is 2. The number of esters is 1. The van der Waals surface area contributed by atoms with Gasteiger partial charge in [0, 0.05) is 10.9 Å². The molecule has 0 saturated heterocycles. The van der Waals surface area contributed by atoms with Crippen LogP contribution in [0.15, 0.2) is 75.9 Å². The van der Waals surface area contributed by atoms with Crippen molar-refractivity contribution in [1.82, 2.24) is 5.32 Å². The van der Waals surface area contributed by atoms with E-state index in [4.69, 9.17) is 13.9 Å². The number of nitrogens with one attached hydrogen (secondary N) is 1. The summed E-state index contributed by atoms with van der Waals surface area (Å²) in [5.41, 5.74) is 1.26. The van der Waals surface area contributed by atoms with Gasteiger partial charge in [0.05, 0.1) is 5.39 Å². The van der Waals surface area contributed by atoms with Crippen LogP contribution in [0.1, 0.15) is 17.5 Å². The summed E-state index contributed by atoms with van der Waals surface area (Å²) < 4.78 is 16.5. The van der Waals surface area contributed by atoms with Gasteiger partial charge in [-0.25, -0.2) is 14.4 Å². The molecular weight excluding hydrogens is 466 g/mol. The summed E-state index contributed by atoms with van der Waals surface area (Å²) in [6.45, 7) is 1.81. The van der Waals surface area contributed by atoms with E-state index in [1.54, 1.807) is 43.0 Å². The van der Waals surface area contributed by atoms with Crippen molar-refractivity contribution in [2.75, 3.05) is 12.0 Å². The monoisotopic (exact) mass is 491 g/mol. The van der Waals surface area contributed by atoms with E-state index in [-0.39, 0.29) is 12.4 Å². The normalized spacial score (nSPS) is 11.8. The molecule has 0 saturated carbocycles. The SMILES string of the molecule is CSCC[C@@H](NC(=O)OCc1ccccc1)C(=O)Oc1ccc2c(oc(=O)c3ccccc32)c1C. The second-order valence-corrected chi connectivity index (χ2v) is 8.95. The van der Waals surface area contributed by atoms with Crippen molar-refractivity contribution in [3.63, 3.8) is 0 Å². The summed E-state index contributed by atoms with van der Waals surface area (Å²) in [7, 11) is 0. The van der Waals surface area contributed by atoms with Gasteiger partial charge in [-0.05, 0) is 54.5 Å². The first kappa shape index (κ1) is 24.3. The van der Waals surface area contributed by atoms with Crippen molar-refractivity contribution < 1.29 is 23.5 Å². The minimum Gasteiger partial charge on any atom is -0.445 e. The fourth-order valence-electron chi connectivity index (χ4n) is 3.74. The van der Waals surface area contributed by atoms with E-state index in [1.807, 2.05) is 48.7 Å². The lowest BCUT2D eigenvalue weighted by atomic mass is 10.0. The number of hydrogen-bond acceptors (Lipinski definition) is 7. The largest absolute Gasteiger partial charge is 0.445 e. The van der Waals surface area contributed by atoms with Gasteiger partial charge in [-0.3, -0.25) is 0 Å². The third-order valence-electron chi connectivity index (χ3n) is 5.60. The summed E-state index contributed by atoms with van der Waals surface area (Å²) in [5, 5.41) is 4.61. The molecule has 3 aromatic carbocycles. The van der Waals surface area contributed by atoms with Crippen LogP contribution in [0.3, 0.4) is 0 Å². The van der Waals surface area contributed by atoms with Gasteiger partial charge in [0.2, 0.25) is 0 Å². The third-order valence-corrected chi connectivity index (χ3v) is 6.24. The van der Waals surface area contributed by atoms with Gasteiger partial charge in [0.25, 0.3) is 0 Å². The molecular formula is C27H25NO6S. The predicted octanol–water partition coefficient (Wildman–Crippen LogP) is 5.21. The summed E-state index contributed by atoms with van der Waals surface area (Å²) in [6.07, 6.45) is 1.58. The second-order valence-electron chi connectivity index (χ2n) is 7.96. The lowest BCUT2D eigenvalue weighted by molar-refractivity contribution is -0.136. The average Bonchev–Trinajstić information content (AvgIpc) is 2.88. The highest BCUT2D eigenvalue weighted by Gasteiger charge is 2.25. The zero-order chi connectivity index (χ0) is 24.8. The number of aryl methyl sites for hydroxylation is 1. The molecule has 0 bridgehead atoms. The number of benzene rings is 3. The van der Waals surface area contributed by atoms with E-state index in [2.05, 4.69) is 5.32 Å². The lowest BCUT2D eigenvalue weighted by Gasteiger charge is -2.18. The average molecular weight is 492 g/mol. The van der Waals surface area contributed by atoms with Crippen molar-refractivity contribution in [3.05, 3.63) is 88.3 Å².